The number of hydrogen-bond acceptors (Lipinski definition) is 1. The summed E-state index contributed by atoms with van der Waals surface area (Å²) in [6.07, 6.45) is 3.42. The average Bonchev–Trinajstić information content (AvgIpc) is 2.25. The predicted octanol–water partition coefficient (Wildman–Crippen LogP) is 4.59. The molecular formula is C13H19F3O. The van der Waals surface area contributed by atoms with Gasteiger partial charge in [-0.25, -0.2) is 0 Å². The van der Waals surface area contributed by atoms with Gasteiger partial charge in [0.25, 0.3) is 5.78 Å². The van der Waals surface area contributed by atoms with Gasteiger partial charge in [0, 0.05) is 0 Å². The van der Waals surface area contributed by atoms with Crippen molar-refractivity contribution in [2.45, 2.75) is 52.1 Å². The zero-order valence-corrected chi connectivity index (χ0v) is 10.3. The van der Waals surface area contributed by atoms with Gasteiger partial charge in [0.15, 0.2) is 0 Å². The molecule has 4 heteroatoms. The summed E-state index contributed by atoms with van der Waals surface area (Å²) in [4.78, 5) is 10.5. The Labute approximate surface area is 100 Å². The quantitative estimate of drug-likeness (QED) is 0.366. The summed E-state index contributed by atoms with van der Waals surface area (Å²) in [7, 11) is 0. The predicted molar refractivity (Wildman–Crippen MR) is 62.7 cm³/mol. The van der Waals surface area contributed by atoms with Crippen molar-refractivity contribution in [2.75, 3.05) is 0 Å². The van der Waals surface area contributed by atoms with Crippen LogP contribution < -0.4 is 0 Å². The first-order chi connectivity index (χ1) is 7.91. The maximum absolute atomic E-state index is 11.8. The SMILES string of the molecule is CCC/C(=C\CC/C=C/C(=O)C(F)(F)F)CC. The fourth-order valence-electron chi connectivity index (χ4n) is 1.41. The first-order valence-electron chi connectivity index (χ1n) is 5.87. The Morgan fingerprint density at radius 2 is 1.82 bits per heavy atom. The lowest BCUT2D eigenvalue weighted by molar-refractivity contribution is -0.165. The highest BCUT2D eigenvalue weighted by molar-refractivity contribution is 5.94. The molecule has 0 saturated heterocycles. The van der Waals surface area contributed by atoms with E-state index in [2.05, 4.69) is 13.8 Å². The Hall–Kier alpha value is -1.06. The van der Waals surface area contributed by atoms with Crippen molar-refractivity contribution >= 4 is 5.78 Å². The van der Waals surface area contributed by atoms with E-state index in [1.54, 1.807) is 0 Å². The van der Waals surface area contributed by atoms with E-state index in [9.17, 15) is 18.0 Å². The normalized spacial score (nSPS) is 13.4. The van der Waals surface area contributed by atoms with Gasteiger partial charge in [0.05, 0.1) is 0 Å². The molecule has 0 amide bonds. The summed E-state index contributed by atoms with van der Waals surface area (Å²) >= 11 is 0. The van der Waals surface area contributed by atoms with Gasteiger partial charge >= 0.3 is 6.18 Å². The van der Waals surface area contributed by atoms with E-state index in [1.165, 1.54) is 11.6 Å². The molecule has 1 nitrogen and oxygen atoms in total. The van der Waals surface area contributed by atoms with Crippen molar-refractivity contribution in [2.24, 2.45) is 0 Å². The second kappa shape index (κ2) is 8.09. The fourth-order valence-corrected chi connectivity index (χ4v) is 1.41. The summed E-state index contributed by atoms with van der Waals surface area (Å²) in [6.45, 7) is 4.15. The van der Waals surface area contributed by atoms with Gasteiger partial charge in [-0.05, 0) is 31.8 Å². The number of carbonyl (C=O) groups is 1. The molecule has 0 radical (unpaired) electrons. The first kappa shape index (κ1) is 15.9. The van der Waals surface area contributed by atoms with E-state index in [0.29, 0.717) is 18.9 Å². The highest BCUT2D eigenvalue weighted by Crippen LogP contribution is 2.16. The number of carbonyl (C=O) groups excluding carboxylic acids is 1. The van der Waals surface area contributed by atoms with Crippen molar-refractivity contribution in [3.8, 4) is 0 Å². The monoisotopic (exact) mass is 248 g/mol. The lowest BCUT2D eigenvalue weighted by atomic mass is 10.1. The van der Waals surface area contributed by atoms with Crippen molar-refractivity contribution in [1.82, 2.24) is 0 Å². The number of rotatable bonds is 7. The highest BCUT2D eigenvalue weighted by Gasteiger charge is 2.35. The van der Waals surface area contributed by atoms with E-state index < -0.39 is 12.0 Å². The van der Waals surface area contributed by atoms with Gasteiger partial charge < -0.3 is 0 Å². The topological polar surface area (TPSA) is 17.1 Å². The van der Waals surface area contributed by atoms with Crippen LogP contribution in [0.15, 0.2) is 23.8 Å². The third-order valence-corrected chi connectivity index (χ3v) is 2.34. The molecule has 0 aliphatic rings. The number of alkyl halides is 3. The van der Waals surface area contributed by atoms with Crippen molar-refractivity contribution < 1.29 is 18.0 Å². The van der Waals surface area contributed by atoms with Crippen molar-refractivity contribution in [3.05, 3.63) is 23.8 Å². The molecule has 0 rings (SSSR count). The second-order valence-corrected chi connectivity index (χ2v) is 3.81. The zero-order valence-electron chi connectivity index (χ0n) is 10.3. The van der Waals surface area contributed by atoms with Crippen LogP contribution in [-0.4, -0.2) is 12.0 Å². The van der Waals surface area contributed by atoms with Crippen molar-refractivity contribution in [3.63, 3.8) is 0 Å². The molecule has 0 N–H and O–H groups in total. The minimum absolute atomic E-state index is 0.467. The number of ketones is 1. The summed E-state index contributed by atoms with van der Waals surface area (Å²) in [5, 5.41) is 0. The number of unbranched alkanes of at least 4 members (excludes halogenated alkanes) is 1. The lowest BCUT2D eigenvalue weighted by Crippen LogP contribution is -2.19. The Balaban J connectivity index is 3.99. The van der Waals surface area contributed by atoms with Crippen LogP contribution in [0.2, 0.25) is 0 Å². The minimum Gasteiger partial charge on any atom is -0.285 e. The van der Waals surface area contributed by atoms with Crippen LogP contribution in [0, 0.1) is 0 Å². The lowest BCUT2D eigenvalue weighted by Gasteiger charge is -2.01. The molecule has 0 spiro atoms. The smallest absolute Gasteiger partial charge is 0.285 e. The molecule has 0 aliphatic heterocycles. The number of allylic oxidation sites excluding steroid dienone is 4. The van der Waals surface area contributed by atoms with Crippen molar-refractivity contribution in [1.29, 1.82) is 0 Å². The number of hydrogen-bond donors (Lipinski definition) is 0. The van der Waals surface area contributed by atoms with E-state index in [4.69, 9.17) is 0 Å². The molecule has 17 heavy (non-hydrogen) atoms. The standard InChI is InChI=1S/C13H19F3O/c1-3-8-11(4-2)9-6-5-7-10-12(17)13(14,15)16/h7,9-10H,3-6,8H2,1-2H3/b10-7+,11-9-. The Kier molecular flexibility index (Phi) is 7.59. The van der Waals surface area contributed by atoms with Crippen LogP contribution in [0.1, 0.15) is 46.0 Å². The Morgan fingerprint density at radius 3 is 2.29 bits per heavy atom. The van der Waals surface area contributed by atoms with Crippen LogP contribution in [0.3, 0.4) is 0 Å². The van der Waals surface area contributed by atoms with E-state index >= 15 is 0 Å². The maximum atomic E-state index is 11.8. The summed E-state index contributed by atoms with van der Waals surface area (Å²) in [6, 6.07) is 0. The van der Waals surface area contributed by atoms with Crippen LogP contribution >= 0.6 is 0 Å². The molecule has 0 unspecified atom stereocenters. The van der Waals surface area contributed by atoms with Gasteiger partial charge in [-0.15, -0.1) is 0 Å². The van der Waals surface area contributed by atoms with Crippen LogP contribution in [-0.2, 0) is 4.79 Å². The average molecular weight is 248 g/mol. The van der Waals surface area contributed by atoms with Gasteiger partial charge in [0.1, 0.15) is 0 Å². The molecule has 0 saturated carbocycles. The van der Waals surface area contributed by atoms with Gasteiger partial charge in [-0.3, -0.25) is 4.79 Å². The third kappa shape index (κ3) is 7.77. The molecule has 98 valence electrons. The Morgan fingerprint density at radius 1 is 1.18 bits per heavy atom. The molecule has 0 atom stereocenters. The summed E-state index contributed by atoms with van der Waals surface area (Å²) < 4.78 is 35.5. The molecule has 0 aromatic heterocycles. The zero-order chi connectivity index (χ0) is 13.3. The molecule has 0 aromatic carbocycles. The largest absolute Gasteiger partial charge is 0.454 e. The third-order valence-electron chi connectivity index (χ3n) is 2.34. The van der Waals surface area contributed by atoms with E-state index in [1.807, 2.05) is 6.08 Å². The van der Waals surface area contributed by atoms with Gasteiger partial charge in [-0.2, -0.15) is 13.2 Å². The van der Waals surface area contributed by atoms with Crippen LogP contribution in [0.4, 0.5) is 13.2 Å². The molecule has 0 fully saturated rings. The molecule has 0 bridgehead atoms. The second-order valence-electron chi connectivity index (χ2n) is 3.81. The minimum atomic E-state index is -4.75. The molecular weight excluding hydrogens is 229 g/mol. The number of halogens is 3. The highest BCUT2D eigenvalue weighted by atomic mass is 19.4. The maximum Gasteiger partial charge on any atom is 0.454 e. The van der Waals surface area contributed by atoms with Crippen LogP contribution in [0.5, 0.6) is 0 Å². The summed E-state index contributed by atoms with van der Waals surface area (Å²) in [5.41, 5.74) is 1.32. The fraction of sp³-hybridized carbons (Fsp3) is 0.615. The first-order valence-corrected chi connectivity index (χ1v) is 5.87. The molecule has 0 heterocycles. The van der Waals surface area contributed by atoms with Gasteiger partial charge in [-0.1, -0.05) is 38.0 Å². The van der Waals surface area contributed by atoms with Gasteiger partial charge in [0.2, 0.25) is 0 Å². The molecule has 0 aromatic rings. The van der Waals surface area contributed by atoms with E-state index in [-0.39, 0.29) is 0 Å². The summed E-state index contributed by atoms with van der Waals surface area (Å²) in [5.74, 6) is -1.79. The Bertz CT molecular complexity index is 288. The molecule has 0 aliphatic carbocycles. The van der Waals surface area contributed by atoms with E-state index in [0.717, 1.165) is 19.3 Å². The van der Waals surface area contributed by atoms with Crippen LogP contribution in [0.25, 0.3) is 0 Å².